The van der Waals surface area contributed by atoms with Crippen molar-refractivity contribution in [2.75, 3.05) is 0 Å². The summed E-state index contributed by atoms with van der Waals surface area (Å²) in [6.07, 6.45) is 3.63. The van der Waals surface area contributed by atoms with Gasteiger partial charge in [-0.3, -0.25) is 4.79 Å². The molecule has 0 bridgehead atoms. The van der Waals surface area contributed by atoms with Gasteiger partial charge in [0.25, 0.3) is 5.91 Å². The van der Waals surface area contributed by atoms with Gasteiger partial charge in [0, 0.05) is 11.8 Å². The van der Waals surface area contributed by atoms with Crippen molar-refractivity contribution in [1.82, 2.24) is 19.7 Å². The van der Waals surface area contributed by atoms with Crippen LogP contribution in [0.2, 0.25) is 5.15 Å². The maximum Gasteiger partial charge on any atom is 0.269 e. The summed E-state index contributed by atoms with van der Waals surface area (Å²) >= 11 is 5.96. The van der Waals surface area contributed by atoms with Crippen LogP contribution in [0.25, 0.3) is 5.82 Å². The van der Waals surface area contributed by atoms with Gasteiger partial charge < -0.3 is 5.73 Å². The zero-order valence-corrected chi connectivity index (χ0v) is 9.85. The molecule has 0 fully saturated rings. The van der Waals surface area contributed by atoms with Gasteiger partial charge in [-0.05, 0) is 12.5 Å². The second kappa shape index (κ2) is 4.50. The first kappa shape index (κ1) is 11.5. The number of carbonyl (C=O) groups excluding carboxylic acids is 1. The van der Waals surface area contributed by atoms with Crippen LogP contribution in [0.3, 0.4) is 0 Å². The van der Waals surface area contributed by atoms with Crippen LogP contribution < -0.4 is 5.73 Å². The summed E-state index contributed by atoms with van der Waals surface area (Å²) in [6, 6.07) is 1.53. The van der Waals surface area contributed by atoms with Gasteiger partial charge in [0.2, 0.25) is 0 Å². The Labute approximate surface area is 102 Å². The molecule has 2 N–H and O–H groups in total. The molecule has 1 amide bonds. The fourth-order valence-corrected chi connectivity index (χ4v) is 1.72. The van der Waals surface area contributed by atoms with E-state index in [1.807, 2.05) is 6.92 Å². The molecule has 0 aromatic carbocycles. The number of hydrogen-bond donors (Lipinski definition) is 1. The van der Waals surface area contributed by atoms with E-state index in [-0.39, 0.29) is 5.69 Å². The maximum absolute atomic E-state index is 11.0. The molecule has 0 unspecified atom stereocenters. The van der Waals surface area contributed by atoms with Gasteiger partial charge in [0.1, 0.15) is 17.2 Å². The van der Waals surface area contributed by atoms with Crippen molar-refractivity contribution < 1.29 is 4.79 Å². The summed E-state index contributed by atoms with van der Waals surface area (Å²) in [7, 11) is 0. The molecule has 0 aliphatic carbocycles. The second-order valence-electron chi connectivity index (χ2n) is 3.33. The average molecular weight is 252 g/mol. The summed E-state index contributed by atoms with van der Waals surface area (Å²) in [5.74, 6) is -0.0260. The lowest BCUT2D eigenvalue weighted by atomic mass is 10.2. The van der Waals surface area contributed by atoms with Crippen molar-refractivity contribution >= 4 is 17.5 Å². The molecule has 2 rings (SSSR count). The van der Waals surface area contributed by atoms with Crippen LogP contribution >= 0.6 is 11.6 Å². The standard InChI is InChI=1S/C10H10ClN5O/c1-2-6-8(11)13-5-14-10(6)16-4-3-7(15-16)9(12)17/h3-5H,2H2,1H3,(H2,12,17). The summed E-state index contributed by atoms with van der Waals surface area (Å²) in [5, 5.41) is 4.41. The molecule has 2 heterocycles. The second-order valence-corrected chi connectivity index (χ2v) is 3.69. The molecule has 0 saturated carbocycles. The molecule has 7 heteroatoms. The van der Waals surface area contributed by atoms with Crippen LogP contribution in [-0.4, -0.2) is 25.7 Å². The molecule has 0 radical (unpaired) electrons. The zero-order chi connectivity index (χ0) is 12.4. The molecule has 0 aliphatic heterocycles. The lowest BCUT2D eigenvalue weighted by molar-refractivity contribution is 0.0995. The van der Waals surface area contributed by atoms with E-state index in [1.165, 1.54) is 17.1 Å². The predicted molar refractivity (Wildman–Crippen MR) is 62.1 cm³/mol. The largest absolute Gasteiger partial charge is 0.364 e. The minimum atomic E-state index is -0.582. The molecule has 6 nitrogen and oxygen atoms in total. The van der Waals surface area contributed by atoms with E-state index in [0.29, 0.717) is 17.4 Å². The fraction of sp³-hybridized carbons (Fsp3) is 0.200. The van der Waals surface area contributed by atoms with E-state index in [1.54, 1.807) is 6.20 Å². The van der Waals surface area contributed by atoms with Gasteiger partial charge in [-0.2, -0.15) is 5.10 Å². The van der Waals surface area contributed by atoms with Gasteiger partial charge in [-0.25, -0.2) is 14.6 Å². The number of nitrogens with zero attached hydrogens (tertiary/aromatic N) is 4. The molecule has 88 valence electrons. The summed E-state index contributed by atoms with van der Waals surface area (Å²) < 4.78 is 1.46. The van der Waals surface area contributed by atoms with Crippen LogP contribution in [0.4, 0.5) is 0 Å². The van der Waals surface area contributed by atoms with E-state index in [4.69, 9.17) is 17.3 Å². The minimum Gasteiger partial charge on any atom is -0.364 e. The third-order valence-electron chi connectivity index (χ3n) is 2.28. The summed E-state index contributed by atoms with van der Waals surface area (Å²) in [5.41, 5.74) is 6.09. The van der Waals surface area contributed by atoms with Gasteiger partial charge >= 0.3 is 0 Å². The number of amides is 1. The Morgan fingerprint density at radius 3 is 2.88 bits per heavy atom. The monoisotopic (exact) mass is 251 g/mol. The Bertz CT molecular complexity index is 566. The van der Waals surface area contributed by atoms with Crippen LogP contribution in [0.15, 0.2) is 18.6 Å². The summed E-state index contributed by atoms with van der Waals surface area (Å²) in [6.45, 7) is 1.94. The predicted octanol–water partition coefficient (Wildman–Crippen LogP) is 0.977. The van der Waals surface area contributed by atoms with Gasteiger partial charge in [0.05, 0.1) is 0 Å². The quantitative estimate of drug-likeness (QED) is 0.824. The molecule has 0 aliphatic rings. The molecule has 0 saturated heterocycles. The van der Waals surface area contributed by atoms with Crippen LogP contribution in [0.5, 0.6) is 0 Å². The van der Waals surface area contributed by atoms with Crippen molar-refractivity contribution in [2.45, 2.75) is 13.3 Å². The maximum atomic E-state index is 11.0. The van der Waals surface area contributed by atoms with Crippen LogP contribution in [-0.2, 0) is 6.42 Å². The van der Waals surface area contributed by atoms with Gasteiger partial charge in [-0.1, -0.05) is 18.5 Å². The van der Waals surface area contributed by atoms with Crippen molar-refractivity contribution in [3.8, 4) is 5.82 Å². The van der Waals surface area contributed by atoms with Crippen molar-refractivity contribution in [1.29, 1.82) is 0 Å². The highest BCUT2D eigenvalue weighted by Crippen LogP contribution is 2.18. The normalized spacial score (nSPS) is 10.5. The number of carbonyl (C=O) groups is 1. The number of primary amides is 1. The Morgan fingerprint density at radius 1 is 1.53 bits per heavy atom. The van der Waals surface area contributed by atoms with Crippen LogP contribution in [0, 0.1) is 0 Å². The molecule has 2 aromatic rings. The Balaban J connectivity index is 2.52. The topological polar surface area (TPSA) is 86.7 Å². The summed E-state index contributed by atoms with van der Waals surface area (Å²) in [4.78, 5) is 19.0. The highest BCUT2D eigenvalue weighted by atomic mass is 35.5. The molecule has 0 atom stereocenters. The first-order valence-electron chi connectivity index (χ1n) is 4.98. The number of halogens is 1. The zero-order valence-electron chi connectivity index (χ0n) is 9.09. The Hall–Kier alpha value is -1.95. The fourth-order valence-electron chi connectivity index (χ4n) is 1.46. The highest BCUT2D eigenvalue weighted by Gasteiger charge is 2.12. The Morgan fingerprint density at radius 2 is 2.29 bits per heavy atom. The van der Waals surface area contributed by atoms with E-state index < -0.39 is 5.91 Å². The minimum absolute atomic E-state index is 0.182. The van der Waals surface area contributed by atoms with Gasteiger partial charge in [0.15, 0.2) is 5.82 Å². The number of rotatable bonds is 3. The molecule has 0 spiro atoms. The van der Waals surface area contributed by atoms with E-state index in [2.05, 4.69) is 15.1 Å². The first-order valence-corrected chi connectivity index (χ1v) is 5.36. The first-order chi connectivity index (χ1) is 8.13. The van der Waals surface area contributed by atoms with Crippen molar-refractivity contribution in [3.05, 3.63) is 35.0 Å². The lowest BCUT2D eigenvalue weighted by Gasteiger charge is -2.06. The number of nitrogens with two attached hydrogens (primary N) is 1. The average Bonchev–Trinajstić information content (AvgIpc) is 2.77. The smallest absolute Gasteiger partial charge is 0.269 e. The van der Waals surface area contributed by atoms with E-state index in [0.717, 1.165) is 5.56 Å². The van der Waals surface area contributed by atoms with Crippen molar-refractivity contribution in [3.63, 3.8) is 0 Å². The third-order valence-corrected chi connectivity index (χ3v) is 2.61. The van der Waals surface area contributed by atoms with Crippen molar-refractivity contribution in [2.24, 2.45) is 5.73 Å². The molecule has 2 aromatic heterocycles. The highest BCUT2D eigenvalue weighted by molar-refractivity contribution is 6.30. The number of aromatic nitrogens is 4. The SMILES string of the molecule is CCc1c(Cl)ncnc1-n1ccc(C(N)=O)n1. The molecule has 17 heavy (non-hydrogen) atoms. The van der Waals surface area contributed by atoms with E-state index >= 15 is 0 Å². The van der Waals surface area contributed by atoms with Crippen LogP contribution in [0.1, 0.15) is 23.0 Å². The number of hydrogen-bond acceptors (Lipinski definition) is 4. The molecular weight excluding hydrogens is 242 g/mol. The van der Waals surface area contributed by atoms with E-state index in [9.17, 15) is 4.79 Å². The Kier molecular flexibility index (Phi) is 3.06. The third kappa shape index (κ3) is 2.12. The molecular formula is C10H10ClN5O. The lowest BCUT2D eigenvalue weighted by Crippen LogP contribution is -2.13. The van der Waals surface area contributed by atoms with Gasteiger partial charge in [-0.15, -0.1) is 0 Å².